The first-order chi connectivity index (χ1) is 9.65. The van der Waals surface area contributed by atoms with Gasteiger partial charge in [0.05, 0.1) is 11.6 Å². The van der Waals surface area contributed by atoms with E-state index < -0.39 is 0 Å². The molecule has 1 saturated carbocycles. The van der Waals surface area contributed by atoms with Crippen LogP contribution < -0.4 is 5.32 Å². The van der Waals surface area contributed by atoms with E-state index >= 15 is 0 Å². The average molecular weight is 271 g/mol. The van der Waals surface area contributed by atoms with Crippen LogP contribution in [-0.2, 0) is 0 Å². The molecule has 20 heavy (non-hydrogen) atoms. The van der Waals surface area contributed by atoms with Crippen molar-refractivity contribution >= 4 is 5.91 Å². The Hall–Kier alpha value is -1.86. The molecule has 0 saturated heterocycles. The number of hydrogen-bond donors (Lipinski definition) is 1. The van der Waals surface area contributed by atoms with Crippen LogP contribution in [0.5, 0.6) is 0 Å². The summed E-state index contributed by atoms with van der Waals surface area (Å²) in [5, 5.41) is 12.2. The fourth-order valence-electron chi connectivity index (χ4n) is 2.84. The number of nitrogens with one attached hydrogen (secondary N) is 1. The lowest BCUT2D eigenvalue weighted by Gasteiger charge is -2.34. The Labute approximate surface area is 120 Å². The first kappa shape index (κ1) is 14.5. The average Bonchev–Trinajstić information content (AvgIpc) is 2.53. The van der Waals surface area contributed by atoms with Crippen molar-refractivity contribution in [3.05, 3.63) is 35.4 Å². The van der Waals surface area contributed by atoms with Gasteiger partial charge in [0.2, 0.25) is 0 Å². The van der Waals surface area contributed by atoms with Crippen molar-refractivity contribution in [3.8, 4) is 6.07 Å². The molecule has 4 nitrogen and oxygen atoms in total. The van der Waals surface area contributed by atoms with E-state index in [1.165, 1.54) is 0 Å². The van der Waals surface area contributed by atoms with E-state index in [1.807, 2.05) is 19.0 Å². The molecule has 0 bridgehead atoms. The highest BCUT2D eigenvalue weighted by molar-refractivity contribution is 5.94. The fourth-order valence-corrected chi connectivity index (χ4v) is 2.84. The Bertz CT molecular complexity index is 513. The van der Waals surface area contributed by atoms with Gasteiger partial charge in [0.15, 0.2) is 0 Å². The summed E-state index contributed by atoms with van der Waals surface area (Å²) in [6.07, 6.45) is 4.28. The predicted molar refractivity (Wildman–Crippen MR) is 78.4 cm³/mol. The van der Waals surface area contributed by atoms with Crippen molar-refractivity contribution in [1.29, 1.82) is 5.26 Å². The van der Waals surface area contributed by atoms with Crippen molar-refractivity contribution in [3.63, 3.8) is 0 Å². The summed E-state index contributed by atoms with van der Waals surface area (Å²) >= 11 is 0. The summed E-state index contributed by atoms with van der Waals surface area (Å²) in [7, 11) is 3.86. The Morgan fingerprint density at radius 2 is 2.05 bits per heavy atom. The van der Waals surface area contributed by atoms with Gasteiger partial charge in [0, 0.05) is 24.7 Å². The molecule has 0 unspecified atom stereocenters. The fraction of sp³-hybridized carbons (Fsp3) is 0.500. The molecule has 1 aromatic rings. The molecule has 0 aliphatic heterocycles. The van der Waals surface area contributed by atoms with Crippen LogP contribution >= 0.6 is 0 Å². The molecule has 1 amide bonds. The molecule has 1 N–H and O–H groups in total. The molecule has 1 aliphatic rings. The molecule has 0 heterocycles. The maximum absolute atomic E-state index is 12.5. The number of benzene rings is 1. The van der Waals surface area contributed by atoms with Crippen molar-refractivity contribution in [2.24, 2.45) is 0 Å². The second-order valence-electron chi connectivity index (χ2n) is 5.40. The van der Waals surface area contributed by atoms with Gasteiger partial charge in [-0.2, -0.15) is 5.26 Å². The number of rotatable bonds is 3. The van der Waals surface area contributed by atoms with E-state index in [4.69, 9.17) is 5.26 Å². The maximum atomic E-state index is 12.5. The summed E-state index contributed by atoms with van der Waals surface area (Å²) in [6, 6.07) is 9.88. The quantitative estimate of drug-likeness (QED) is 0.916. The zero-order valence-corrected chi connectivity index (χ0v) is 12.1. The van der Waals surface area contributed by atoms with Gasteiger partial charge in [-0.15, -0.1) is 0 Å². The zero-order valence-electron chi connectivity index (χ0n) is 12.1. The van der Waals surface area contributed by atoms with Crippen LogP contribution in [0.3, 0.4) is 0 Å². The molecular weight excluding hydrogens is 250 g/mol. The number of hydrogen-bond acceptors (Lipinski definition) is 3. The van der Waals surface area contributed by atoms with Crippen LogP contribution in [0.15, 0.2) is 24.3 Å². The minimum atomic E-state index is 0.00927. The van der Waals surface area contributed by atoms with E-state index in [0.717, 1.165) is 25.7 Å². The minimum Gasteiger partial charge on any atom is -0.339 e. The van der Waals surface area contributed by atoms with Gasteiger partial charge in [-0.3, -0.25) is 4.79 Å². The van der Waals surface area contributed by atoms with Crippen LogP contribution in [-0.4, -0.2) is 37.0 Å². The Kier molecular flexibility index (Phi) is 4.75. The van der Waals surface area contributed by atoms with E-state index in [-0.39, 0.29) is 5.91 Å². The summed E-state index contributed by atoms with van der Waals surface area (Å²) in [6.45, 7) is 0. The standard InChI is InChI=1S/C16H21N3O/c1-18-14-6-8-15(9-7-14)19(2)16(20)13-5-3-4-12(10-13)11-17/h3-5,10,14-15,18H,6-9H2,1-2H3. The molecule has 0 atom stereocenters. The topological polar surface area (TPSA) is 56.1 Å². The largest absolute Gasteiger partial charge is 0.339 e. The maximum Gasteiger partial charge on any atom is 0.253 e. The van der Waals surface area contributed by atoms with Gasteiger partial charge >= 0.3 is 0 Å². The van der Waals surface area contributed by atoms with Crippen LogP contribution in [0.2, 0.25) is 0 Å². The van der Waals surface area contributed by atoms with Crippen LogP contribution in [0, 0.1) is 11.3 Å². The number of carbonyl (C=O) groups excluding carboxylic acids is 1. The normalized spacial score (nSPS) is 22.1. The summed E-state index contributed by atoms with van der Waals surface area (Å²) in [5.41, 5.74) is 1.13. The molecule has 1 aromatic carbocycles. The third-order valence-electron chi connectivity index (χ3n) is 4.21. The molecule has 106 valence electrons. The second kappa shape index (κ2) is 6.53. The lowest BCUT2D eigenvalue weighted by atomic mass is 9.90. The predicted octanol–water partition coefficient (Wildman–Crippen LogP) is 2.16. The van der Waals surface area contributed by atoms with Crippen molar-refractivity contribution in [1.82, 2.24) is 10.2 Å². The second-order valence-corrected chi connectivity index (χ2v) is 5.40. The molecular formula is C16H21N3O. The van der Waals surface area contributed by atoms with Crippen LogP contribution in [0.1, 0.15) is 41.6 Å². The lowest BCUT2D eigenvalue weighted by Crippen LogP contribution is -2.42. The highest BCUT2D eigenvalue weighted by Crippen LogP contribution is 2.23. The van der Waals surface area contributed by atoms with Crippen molar-refractivity contribution in [2.45, 2.75) is 37.8 Å². The lowest BCUT2D eigenvalue weighted by molar-refractivity contribution is 0.0685. The first-order valence-corrected chi connectivity index (χ1v) is 7.10. The van der Waals surface area contributed by atoms with E-state index in [2.05, 4.69) is 11.4 Å². The van der Waals surface area contributed by atoms with Gasteiger partial charge in [-0.1, -0.05) is 6.07 Å². The first-order valence-electron chi connectivity index (χ1n) is 7.10. The van der Waals surface area contributed by atoms with Gasteiger partial charge < -0.3 is 10.2 Å². The molecule has 0 radical (unpaired) electrons. The third kappa shape index (κ3) is 3.17. The van der Waals surface area contributed by atoms with Crippen molar-refractivity contribution in [2.75, 3.05) is 14.1 Å². The van der Waals surface area contributed by atoms with Crippen molar-refractivity contribution < 1.29 is 4.79 Å². The molecule has 1 aliphatic carbocycles. The number of nitriles is 1. The zero-order chi connectivity index (χ0) is 14.5. The van der Waals surface area contributed by atoms with E-state index in [0.29, 0.717) is 23.2 Å². The third-order valence-corrected chi connectivity index (χ3v) is 4.21. The minimum absolute atomic E-state index is 0.00927. The van der Waals surface area contributed by atoms with Gasteiger partial charge in [0.1, 0.15) is 0 Å². The molecule has 0 spiro atoms. The highest BCUT2D eigenvalue weighted by Gasteiger charge is 2.26. The Morgan fingerprint density at radius 3 is 2.65 bits per heavy atom. The number of carbonyl (C=O) groups is 1. The summed E-state index contributed by atoms with van der Waals surface area (Å²) in [4.78, 5) is 14.3. The van der Waals surface area contributed by atoms with Crippen LogP contribution in [0.25, 0.3) is 0 Å². The number of amides is 1. The van der Waals surface area contributed by atoms with Gasteiger partial charge in [-0.25, -0.2) is 0 Å². The summed E-state index contributed by atoms with van der Waals surface area (Å²) in [5.74, 6) is 0.00927. The number of nitrogens with zero attached hydrogens (tertiary/aromatic N) is 2. The van der Waals surface area contributed by atoms with E-state index in [1.54, 1.807) is 24.3 Å². The van der Waals surface area contributed by atoms with Gasteiger partial charge in [-0.05, 0) is 50.9 Å². The molecule has 1 fully saturated rings. The molecule has 4 heteroatoms. The Morgan fingerprint density at radius 1 is 1.35 bits per heavy atom. The van der Waals surface area contributed by atoms with Crippen LogP contribution in [0.4, 0.5) is 0 Å². The van der Waals surface area contributed by atoms with Gasteiger partial charge in [0.25, 0.3) is 5.91 Å². The monoisotopic (exact) mass is 271 g/mol. The molecule has 0 aromatic heterocycles. The smallest absolute Gasteiger partial charge is 0.253 e. The highest BCUT2D eigenvalue weighted by atomic mass is 16.2. The summed E-state index contributed by atoms with van der Waals surface area (Å²) < 4.78 is 0. The molecule has 2 rings (SSSR count). The van der Waals surface area contributed by atoms with E-state index in [9.17, 15) is 4.79 Å². The Balaban J connectivity index is 2.03. The SMILES string of the molecule is CNC1CCC(N(C)C(=O)c2cccc(C#N)c2)CC1.